The topological polar surface area (TPSA) is 72.7 Å². The quantitative estimate of drug-likeness (QED) is 0.380. The zero-order chi connectivity index (χ0) is 23.2. The van der Waals surface area contributed by atoms with Crippen molar-refractivity contribution in [2.75, 3.05) is 6.54 Å². The molecule has 7 heteroatoms. The first-order valence-electron chi connectivity index (χ1n) is 11.7. The van der Waals surface area contributed by atoms with Gasteiger partial charge in [-0.25, -0.2) is 4.98 Å². The summed E-state index contributed by atoms with van der Waals surface area (Å²) in [5.41, 5.74) is 5.04. The number of hydrogen-bond donors (Lipinski definition) is 1. The molecular weight excluding hydrogens is 442 g/mol. The van der Waals surface area contributed by atoms with E-state index in [0.29, 0.717) is 13.1 Å². The van der Waals surface area contributed by atoms with E-state index in [-0.39, 0.29) is 5.91 Å². The number of benzene rings is 1. The van der Waals surface area contributed by atoms with E-state index < -0.39 is 0 Å². The predicted octanol–water partition coefficient (Wildman–Crippen LogP) is 4.70. The fourth-order valence-corrected chi connectivity index (χ4v) is 5.32. The number of thiazole rings is 1. The Labute approximate surface area is 203 Å². The number of hydrogen-bond acceptors (Lipinski definition) is 5. The van der Waals surface area contributed by atoms with Gasteiger partial charge >= 0.3 is 0 Å². The predicted molar refractivity (Wildman–Crippen MR) is 136 cm³/mol. The Kier molecular flexibility index (Phi) is 6.91. The van der Waals surface area contributed by atoms with Gasteiger partial charge in [-0.2, -0.15) is 5.10 Å². The molecule has 0 atom stereocenters. The number of rotatable bonds is 8. The van der Waals surface area contributed by atoms with Crippen LogP contribution in [0.15, 0.2) is 67.1 Å². The second-order valence-electron chi connectivity index (χ2n) is 8.42. The summed E-state index contributed by atoms with van der Waals surface area (Å²) in [6.07, 6.45) is 14.4. The molecular formula is C27H27N5OS. The first kappa shape index (κ1) is 22.2. The Bertz CT molecular complexity index is 1250. The highest BCUT2D eigenvalue weighted by atomic mass is 32.1. The minimum atomic E-state index is -0.116. The summed E-state index contributed by atoms with van der Waals surface area (Å²) in [6, 6.07) is 14.1. The molecule has 1 aliphatic rings. The average Bonchev–Trinajstić information content (AvgIpc) is 3.47. The number of carbonyl (C=O) groups excluding carboxylic acids is 1. The molecule has 0 saturated carbocycles. The number of nitrogens with one attached hydrogen (secondary N) is 1. The Morgan fingerprint density at radius 1 is 1.12 bits per heavy atom. The molecule has 34 heavy (non-hydrogen) atoms. The summed E-state index contributed by atoms with van der Waals surface area (Å²) in [4.78, 5) is 22.9. The monoisotopic (exact) mass is 469 g/mol. The summed E-state index contributed by atoms with van der Waals surface area (Å²) in [7, 11) is 0. The average molecular weight is 470 g/mol. The van der Waals surface area contributed by atoms with Crippen molar-refractivity contribution < 1.29 is 4.79 Å². The van der Waals surface area contributed by atoms with E-state index in [1.807, 2.05) is 47.3 Å². The van der Waals surface area contributed by atoms with Gasteiger partial charge in [-0.15, -0.1) is 11.3 Å². The molecule has 1 aromatic carbocycles. The third kappa shape index (κ3) is 5.48. The van der Waals surface area contributed by atoms with Crippen molar-refractivity contribution in [3.05, 3.63) is 93.8 Å². The van der Waals surface area contributed by atoms with E-state index in [1.54, 1.807) is 29.8 Å². The molecule has 0 unspecified atom stereocenters. The number of fused-ring (bicyclic) bond motifs is 1. The van der Waals surface area contributed by atoms with Crippen LogP contribution in [0.4, 0.5) is 0 Å². The van der Waals surface area contributed by atoms with Crippen molar-refractivity contribution in [1.29, 1.82) is 0 Å². The highest BCUT2D eigenvalue weighted by Crippen LogP contribution is 2.27. The first-order chi connectivity index (χ1) is 16.7. The van der Waals surface area contributed by atoms with E-state index >= 15 is 0 Å². The molecule has 3 aromatic heterocycles. The van der Waals surface area contributed by atoms with E-state index in [9.17, 15) is 4.79 Å². The van der Waals surface area contributed by atoms with Gasteiger partial charge in [0.25, 0.3) is 0 Å². The standard InChI is InChI=1S/C27H27N5OS/c33-25(29-16-14-26-30-23-10-4-5-11-24(23)34-26)13-12-22-19-32(18-20-7-2-1-3-8-20)31-27(22)21-9-6-15-28-17-21/h1-3,6-9,12-13,15,17,19H,4-5,10-11,14,16,18H2,(H,29,33)/b13-12+. The lowest BCUT2D eigenvalue weighted by molar-refractivity contribution is -0.116. The van der Waals surface area contributed by atoms with E-state index in [1.165, 1.54) is 29.0 Å². The van der Waals surface area contributed by atoms with Crippen LogP contribution in [0.25, 0.3) is 17.3 Å². The number of aromatic nitrogens is 4. The van der Waals surface area contributed by atoms with Crippen LogP contribution in [0.1, 0.15) is 39.5 Å². The maximum atomic E-state index is 12.5. The van der Waals surface area contributed by atoms with Gasteiger partial charge in [0.05, 0.1) is 17.2 Å². The van der Waals surface area contributed by atoms with Gasteiger partial charge in [0.2, 0.25) is 5.91 Å². The summed E-state index contributed by atoms with van der Waals surface area (Å²) >= 11 is 1.80. The zero-order valence-corrected chi connectivity index (χ0v) is 19.8. The smallest absolute Gasteiger partial charge is 0.244 e. The lowest BCUT2D eigenvalue weighted by Gasteiger charge is -2.06. The zero-order valence-electron chi connectivity index (χ0n) is 19.0. The SMILES string of the molecule is O=C(/C=C/c1cn(Cc2ccccc2)nc1-c1cccnc1)NCCc1nc2c(s1)CCCC2. The first-order valence-corrected chi connectivity index (χ1v) is 12.5. The number of amides is 1. The third-order valence-electron chi connectivity index (χ3n) is 5.85. The molecule has 1 N–H and O–H groups in total. The second kappa shape index (κ2) is 10.6. The lowest BCUT2D eigenvalue weighted by Crippen LogP contribution is -2.23. The van der Waals surface area contributed by atoms with Crippen LogP contribution < -0.4 is 5.32 Å². The molecule has 1 amide bonds. The minimum Gasteiger partial charge on any atom is -0.352 e. The van der Waals surface area contributed by atoms with Crippen molar-refractivity contribution >= 4 is 23.3 Å². The molecule has 0 bridgehead atoms. The van der Waals surface area contributed by atoms with E-state index in [0.717, 1.165) is 41.1 Å². The Morgan fingerprint density at radius 3 is 2.82 bits per heavy atom. The van der Waals surface area contributed by atoms with Crippen molar-refractivity contribution in [1.82, 2.24) is 25.1 Å². The van der Waals surface area contributed by atoms with Gasteiger partial charge in [0, 0.05) is 53.6 Å². The summed E-state index contributed by atoms with van der Waals surface area (Å²) < 4.78 is 1.90. The van der Waals surface area contributed by atoms with Crippen molar-refractivity contribution in [2.45, 2.75) is 38.6 Å². The third-order valence-corrected chi connectivity index (χ3v) is 7.07. The molecule has 4 aromatic rings. The van der Waals surface area contributed by atoms with Gasteiger partial charge < -0.3 is 5.32 Å². The molecule has 0 radical (unpaired) electrons. The Balaban J connectivity index is 1.25. The highest BCUT2D eigenvalue weighted by molar-refractivity contribution is 7.11. The summed E-state index contributed by atoms with van der Waals surface area (Å²) in [5.74, 6) is -0.116. The molecule has 0 spiro atoms. The van der Waals surface area contributed by atoms with Gasteiger partial charge in [-0.05, 0) is 49.5 Å². The van der Waals surface area contributed by atoms with Crippen LogP contribution in [0.3, 0.4) is 0 Å². The number of pyridine rings is 1. The Morgan fingerprint density at radius 2 is 2.00 bits per heavy atom. The van der Waals surface area contributed by atoms with Crippen LogP contribution in [0, 0.1) is 0 Å². The highest BCUT2D eigenvalue weighted by Gasteiger charge is 2.15. The fourth-order valence-electron chi connectivity index (χ4n) is 4.17. The minimum absolute atomic E-state index is 0.116. The molecule has 5 rings (SSSR count). The number of nitrogens with zero attached hydrogens (tertiary/aromatic N) is 4. The van der Waals surface area contributed by atoms with Gasteiger partial charge in [0.15, 0.2) is 0 Å². The second-order valence-corrected chi connectivity index (χ2v) is 9.59. The van der Waals surface area contributed by atoms with Gasteiger partial charge in [-0.1, -0.05) is 30.3 Å². The molecule has 0 aliphatic heterocycles. The van der Waals surface area contributed by atoms with Crippen LogP contribution in [-0.2, 0) is 30.6 Å². The number of aryl methyl sites for hydroxylation is 2. The van der Waals surface area contributed by atoms with Gasteiger partial charge in [-0.3, -0.25) is 14.5 Å². The van der Waals surface area contributed by atoms with Crippen molar-refractivity contribution in [3.8, 4) is 11.3 Å². The van der Waals surface area contributed by atoms with Crippen LogP contribution in [0.5, 0.6) is 0 Å². The molecule has 172 valence electrons. The fraction of sp³-hybridized carbons (Fsp3) is 0.259. The molecule has 3 heterocycles. The Hall–Kier alpha value is -3.58. The molecule has 0 saturated heterocycles. The normalized spacial score (nSPS) is 13.2. The largest absolute Gasteiger partial charge is 0.352 e. The van der Waals surface area contributed by atoms with E-state index in [4.69, 9.17) is 10.1 Å². The van der Waals surface area contributed by atoms with Crippen LogP contribution >= 0.6 is 11.3 Å². The molecule has 6 nitrogen and oxygen atoms in total. The van der Waals surface area contributed by atoms with Crippen LogP contribution in [-0.4, -0.2) is 32.2 Å². The number of carbonyl (C=O) groups is 1. The maximum absolute atomic E-state index is 12.5. The molecule has 1 aliphatic carbocycles. The van der Waals surface area contributed by atoms with E-state index in [2.05, 4.69) is 22.4 Å². The maximum Gasteiger partial charge on any atom is 0.244 e. The van der Waals surface area contributed by atoms with Crippen molar-refractivity contribution in [3.63, 3.8) is 0 Å². The van der Waals surface area contributed by atoms with Crippen molar-refractivity contribution in [2.24, 2.45) is 0 Å². The molecule has 0 fully saturated rings. The summed E-state index contributed by atoms with van der Waals surface area (Å²) in [6.45, 7) is 1.24. The van der Waals surface area contributed by atoms with Crippen LogP contribution in [0.2, 0.25) is 0 Å². The van der Waals surface area contributed by atoms with Gasteiger partial charge in [0.1, 0.15) is 5.69 Å². The summed E-state index contributed by atoms with van der Waals surface area (Å²) in [5, 5.41) is 8.89. The lowest BCUT2D eigenvalue weighted by atomic mass is 10.0.